The van der Waals surface area contributed by atoms with Crippen LogP contribution in [-0.4, -0.2) is 50.8 Å². The molecule has 2 N–H and O–H groups in total. The van der Waals surface area contributed by atoms with Crippen LogP contribution in [0.5, 0.6) is 5.75 Å². The predicted octanol–water partition coefficient (Wildman–Crippen LogP) is 7.42. The highest BCUT2D eigenvalue weighted by Gasteiger charge is 2.45. The highest BCUT2D eigenvalue weighted by molar-refractivity contribution is 7.23. The Balaban J connectivity index is 1.22. The molecule has 1 aliphatic carbocycles. The quantitative estimate of drug-likeness (QED) is 0.166. The first-order valence-corrected chi connectivity index (χ1v) is 17.9. The zero-order valence-electron chi connectivity index (χ0n) is 28.1. The first-order chi connectivity index (χ1) is 25.2. The SMILES string of the molecule is COc1c(F)ccc2c1C[C@@H](F)[C@@H]2Nc1nc(C)cc2cc(-c3c4c(nc(CCc5ccc(F)cc5)c3-c3n[nH]c(=O)o3)[C@H]3CCCN3C4=O)sc12. The number of nitrogens with one attached hydrogen (secondary N) is 2. The van der Waals surface area contributed by atoms with Crippen molar-refractivity contribution in [1.82, 2.24) is 25.1 Å². The van der Waals surface area contributed by atoms with Crippen LogP contribution in [-0.2, 0) is 19.3 Å². The second-order valence-electron chi connectivity index (χ2n) is 13.4. The Morgan fingerprint density at radius 2 is 1.88 bits per heavy atom. The topological polar surface area (TPSA) is 126 Å². The van der Waals surface area contributed by atoms with E-state index in [0.717, 1.165) is 23.8 Å². The standard InChI is InChI=1S/C38H31F3N6O4S/c1-17-14-19-15-27(52-34(19)35(42-17)44-31-21-10-11-23(40)33(50-2)22(21)16-24(31)41)29-28(36-45-46-38(49)51-36)25(12-7-18-5-8-20(39)9-6-18)43-32-26-4-3-13-47(26)37(48)30(29)32/h5-6,8-11,14-15,24,26,31H,3-4,7,12-13,16H2,1-2H3,(H,42,44)(H,46,49)/t24-,26-,31-/m1/s1. The zero-order valence-corrected chi connectivity index (χ0v) is 28.9. The van der Waals surface area contributed by atoms with Crippen molar-refractivity contribution < 1.29 is 27.1 Å². The Hall–Kier alpha value is -5.50. The molecule has 14 heteroatoms. The van der Waals surface area contributed by atoms with Gasteiger partial charge in [0.25, 0.3) is 11.8 Å². The van der Waals surface area contributed by atoms with E-state index >= 15 is 4.39 Å². The largest absolute Gasteiger partial charge is 0.493 e. The smallest absolute Gasteiger partial charge is 0.434 e. The molecule has 1 fully saturated rings. The number of thiophene rings is 1. The number of hydrogen-bond acceptors (Lipinski definition) is 9. The summed E-state index contributed by atoms with van der Waals surface area (Å²) in [5, 5.41) is 10.7. The number of carbonyl (C=O) groups is 1. The first kappa shape index (κ1) is 32.4. The summed E-state index contributed by atoms with van der Waals surface area (Å²) in [5.74, 6) is -1.32. The Morgan fingerprint density at radius 1 is 1.06 bits per heavy atom. The van der Waals surface area contributed by atoms with Crippen molar-refractivity contribution in [2.75, 3.05) is 19.0 Å². The Labute approximate surface area is 298 Å². The number of aromatic amines is 1. The van der Waals surface area contributed by atoms with E-state index in [1.165, 1.54) is 36.6 Å². The van der Waals surface area contributed by atoms with Gasteiger partial charge in [-0.15, -0.1) is 16.4 Å². The highest BCUT2D eigenvalue weighted by Crippen LogP contribution is 2.51. The molecular weight excluding hydrogens is 694 g/mol. The maximum atomic E-state index is 15.7. The van der Waals surface area contributed by atoms with Crippen molar-refractivity contribution in [3.05, 3.63) is 110 Å². The van der Waals surface area contributed by atoms with Gasteiger partial charge in [0.2, 0.25) is 0 Å². The molecule has 1 saturated heterocycles. The van der Waals surface area contributed by atoms with E-state index in [1.54, 1.807) is 18.2 Å². The van der Waals surface area contributed by atoms with Crippen LogP contribution in [0.25, 0.3) is 32.0 Å². The lowest BCUT2D eigenvalue weighted by Crippen LogP contribution is -2.22. The van der Waals surface area contributed by atoms with Crippen molar-refractivity contribution in [3.63, 3.8) is 0 Å². The molecule has 10 nitrogen and oxygen atoms in total. The molecule has 0 spiro atoms. The van der Waals surface area contributed by atoms with Gasteiger partial charge in [0.15, 0.2) is 11.6 Å². The number of ether oxygens (including phenoxy) is 1. The normalized spacial score (nSPS) is 19.0. The van der Waals surface area contributed by atoms with Gasteiger partial charge in [-0.25, -0.2) is 28.0 Å². The van der Waals surface area contributed by atoms with E-state index in [1.807, 2.05) is 24.0 Å². The van der Waals surface area contributed by atoms with Crippen LogP contribution >= 0.6 is 11.3 Å². The Kier molecular flexibility index (Phi) is 7.68. The highest BCUT2D eigenvalue weighted by atomic mass is 32.1. The summed E-state index contributed by atoms with van der Waals surface area (Å²) in [5.41, 5.74) is 5.30. The lowest BCUT2D eigenvalue weighted by Gasteiger charge is -2.18. The van der Waals surface area contributed by atoms with Crippen LogP contribution in [0.2, 0.25) is 0 Å². The van der Waals surface area contributed by atoms with Crippen LogP contribution in [0.4, 0.5) is 19.0 Å². The van der Waals surface area contributed by atoms with E-state index in [0.29, 0.717) is 79.7 Å². The number of nitrogens with zero attached hydrogens (tertiary/aromatic N) is 4. The molecule has 2 aromatic carbocycles. The van der Waals surface area contributed by atoms with Crippen LogP contribution in [0.15, 0.2) is 57.7 Å². The fourth-order valence-corrected chi connectivity index (χ4v) is 9.17. The molecule has 0 saturated carbocycles. The van der Waals surface area contributed by atoms with E-state index in [4.69, 9.17) is 19.1 Å². The molecule has 264 valence electrons. The number of aromatic nitrogens is 4. The number of methoxy groups -OCH3 is 1. The lowest BCUT2D eigenvalue weighted by molar-refractivity contribution is 0.0776. The van der Waals surface area contributed by atoms with Gasteiger partial charge >= 0.3 is 5.76 Å². The van der Waals surface area contributed by atoms with Gasteiger partial charge < -0.3 is 19.4 Å². The number of halogens is 3. The number of alkyl halides is 1. The summed E-state index contributed by atoms with van der Waals surface area (Å²) in [6, 6.07) is 12.0. The molecule has 52 heavy (non-hydrogen) atoms. The van der Waals surface area contributed by atoms with Crippen molar-refractivity contribution in [3.8, 4) is 27.6 Å². The number of rotatable bonds is 8. The van der Waals surface area contributed by atoms with Crippen LogP contribution < -0.4 is 15.8 Å². The number of benzene rings is 2. The van der Waals surface area contributed by atoms with Gasteiger partial charge in [0.05, 0.1) is 46.4 Å². The summed E-state index contributed by atoms with van der Waals surface area (Å²) >= 11 is 1.37. The maximum Gasteiger partial charge on any atom is 0.434 e. The fourth-order valence-electron chi connectivity index (χ4n) is 8.02. The van der Waals surface area contributed by atoms with Gasteiger partial charge in [-0.2, -0.15) is 0 Å². The van der Waals surface area contributed by atoms with Crippen molar-refractivity contribution in [2.24, 2.45) is 0 Å². The van der Waals surface area contributed by atoms with Gasteiger partial charge in [0, 0.05) is 34.7 Å². The average molecular weight is 725 g/mol. The van der Waals surface area contributed by atoms with E-state index in [2.05, 4.69) is 15.5 Å². The third-order valence-electron chi connectivity index (χ3n) is 10.3. The molecule has 0 radical (unpaired) electrons. The summed E-state index contributed by atoms with van der Waals surface area (Å²) < 4.78 is 55.5. The van der Waals surface area contributed by atoms with Gasteiger partial charge in [0.1, 0.15) is 17.8 Å². The predicted molar refractivity (Wildman–Crippen MR) is 188 cm³/mol. The summed E-state index contributed by atoms with van der Waals surface area (Å²) in [4.78, 5) is 39.0. The molecular formula is C38H31F3N6O4S. The Morgan fingerprint density at radius 3 is 2.65 bits per heavy atom. The van der Waals surface area contributed by atoms with E-state index < -0.39 is 23.8 Å². The second-order valence-corrected chi connectivity index (χ2v) is 14.5. The summed E-state index contributed by atoms with van der Waals surface area (Å²) in [6.07, 6.45) is 1.14. The minimum absolute atomic E-state index is 0.00149. The minimum atomic E-state index is -1.37. The van der Waals surface area contributed by atoms with E-state index in [-0.39, 0.29) is 35.8 Å². The van der Waals surface area contributed by atoms with Crippen LogP contribution in [0.3, 0.4) is 0 Å². The molecule has 6 heterocycles. The number of fused-ring (bicyclic) bond motifs is 5. The second kappa shape index (κ2) is 12.3. The number of anilines is 1. The molecule has 1 amide bonds. The molecule has 0 bridgehead atoms. The number of carbonyl (C=O) groups excluding carboxylic acids is 1. The third-order valence-corrected chi connectivity index (χ3v) is 11.4. The van der Waals surface area contributed by atoms with Crippen molar-refractivity contribution in [1.29, 1.82) is 0 Å². The van der Waals surface area contributed by atoms with Crippen LogP contribution in [0.1, 0.15) is 69.1 Å². The molecule has 9 rings (SSSR count). The average Bonchev–Trinajstić information content (AvgIpc) is 3.96. The number of pyridine rings is 2. The molecule has 0 unspecified atom stereocenters. The monoisotopic (exact) mass is 724 g/mol. The van der Waals surface area contributed by atoms with Crippen molar-refractivity contribution in [2.45, 2.75) is 57.3 Å². The molecule has 3 atom stereocenters. The maximum absolute atomic E-state index is 15.7. The fraction of sp³-hybridized carbons (Fsp3) is 0.289. The van der Waals surface area contributed by atoms with Gasteiger partial charge in [-0.05, 0) is 79.5 Å². The van der Waals surface area contributed by atoms with Crippen LogP contribution in [0, 0.1) is 18.6 Å². The van der Waals surface area contributed by atoms with Gasteiger partial charge in [-0.1, -0.05) is 18.2 Å². The number of aryl methyl sites for hydroxylation is 3. The number of hydrogen-bond donors (Lipinski definition) is 2. The molecule has 4 aromatic heterocycles. The van der Waals surface area contributed by atoms with Crippen molar-refractivity contribution >= 4 is 33.1 Å². The summed E-state index contributed by atoms with van der Waals surface area (Å²) in [7, 11) is 1.37. The van der Waals surface area contributed by atoms with E-state index in [9.17, 15) is 18.4 Å². The molecule has 6 aromatic rings. The Bertz CT molecular complexity index is 2480. The number of amides is 1. The zero-order chi connectivity index (χ0) is 35.8. The third kappa shape index (κ3) is 5.18. The molecule has 3 aliphatic rings. The minimum Gasteiger partial charge on any atom is -0.493 e. The first-order valence-electron chi connectivity index (χ1n) is 17.0. The van der Waals surface area contributed by atoms with Gasteiger partial charge in [-0.3, -0.25) is 9.78 Å². The summed E-state index contributed by atoms with van der Waals surface area (Å²) in [6.45, 7) is 2.44. The lowest BCUT2D eigenvalue weighted by atomic mass is 9.93. The molecule has 2 aliphatic heterocycles. The number of H-pyrrole nitrogens is 1.